The monoisotopic (exact) mass is 380 g/mol. The molecule has 1 aliphatic heterocycles. The zero-order valence-corrected chi connectivity index (χ0v) is 15.3. The molecule has 0 unspecified atom stereocenters. The van der Waals surface area contributed by atoms with Gasteiger partial charge in [-0.25, -0.2) is 12.7 Å². The lowest BCUT2D eigenvalue weighted by atomic mass is 9.80. The van der Waals surface area contributed by atoms with Crippen LogP contribution in [0.3, 0.4) is 0 Å². The van der Waals surface area contributed by atoms with Gasteiger partial charge in [0.15, 0.2) is 5.82 Å². The van der Waals surface area contributed by atoms with Crippen LogP contribution < -0.4 is 5.32 Å². The highest BCUT2D eigenvalue weighted by Crippen LogP contribution is 2.50. The van der Waals surface area contributed by atoms with Gasteiger partial charge in [-0.2, -0.15) is 4.98 Å². The fraction of sp³-hybridized carbons (Fsp3) is 0.562. The second kappa shape index (κ2) is 5.92. The van der Waals surface area contributed by atoms with E-state index in [1.165, 1.54) is 23.1 Å². The minimum atomic E-state index is -3.32. The van der Waals surface area contributed by atoms with Crippen LogP contribution in [0.4, 0.5) is 0 Å². The molecule has 0 bridgehead atoms. The van der Waals surface area contributed by atoms with E-state index in [9.17, 15) is 13.2 Å². The minimum Gasteiger partial charge on any atom is -0.472 e. The first-order chi connectivity index (χ1) is 12.3. The second-order valence-electron chi connectivity index (χ2n) is 7.18. The summed E-state index contributed by atoms with van der Waals surface area (Å²) in [5, 5.41) is 6.88. The molecular formula is C16H20N4O5S. The average molecular weight is 380 g/mol. The van der Waals surface area contributed by atoms with Crippen LogP contribution in [-0.2, 0) is 15.4 Å². The van der Waals surface area contributed by atoms with Gasteiger partial charge in [0.1, 0.15) is 6.26 Å². The number of hydrogen-bond acceptors (Lipinski definition) is 7. The fourth-order valence-corrected chi connectivity index (χ4v) is 5.10. The maximum absolute atomic E-state index is 12.3. The predicted octanol–water partition coefficient (Wildman–Crippen LogP) is 0.693. The lowest BCUT2D eigenvalue weighted by Crippen LogP contribution is -2.39. The summed E-state index contributed by atoms with van der Waals surface area (Å²) in [6.07, 6.45) is 5.25. The van der Waals surface area contributed by atoms with Crippen molar-refractivity contribution in [3.05, 3.63) is 35.9 Å². The highest BCUT2D eigenvalue weighted by Gasteiger charge is 2.59. The molecule has 10 heteroatoms. The molecule has 1 aliphatic carbocycles. The number of nitrogens with zero attached hydrogens (tertiary/aromatic N) is 3. The molecule has 26 heavy (non-hydrogen) atoms. The van der Waals surface area contributed by atoms with Gasteiger partial charge in [-0.1, -0.05) is 5.16 Å². The molecular weight excluding hydrogens is 360 g/mol. The number of aryl methyl sites for hydroxylation is 1. The quantitative estimate of drug-likeness (QED) is 0.829. The predicted molar refractivity (Wildman–Crippen MR) is 89.8 cm³/mol. The Morgan fingerprint density at radius 1 is 1.46 bits per heavy atom. The lowest BCUT2D eigenvalue weighted by Gasteiger charge is -2.24. The molecule has 2 aliphatic rings. The first-order valence-electron chi connectivity index (χ1n) is 8.37. The highest BCUT2D eigenvalue weighted by atomic mass is 32.2. The van der Waals surface area contributed by atoms with E-state index in [0.29, 0.717) is 36.7 Å². The summed E-state index contributed by atoms with van der Waals surface area (Å²) in [5.41, 5.74) is -0.110. The summed E-state index contributed by atoms with van der Waals surface area (Å²) in [5.74, 6) is 0.760. The molecule has 140 valence electrons. The molecule has 3 heterocycles. The number of carbonyl (C=O) groups is 1. The van der Waals surface area contributed by atoms with Crippen LogP contribution in [0.1, 0.15) is 34.9 Å². The molecule has 2 aromatic rings. The zero-order valence-electron chi connectivity index (χ0n) is 14.5. The molecule has 0 radical (unpaired) electrons. The molecule has 0 spiro atoms. The SMILES string of the molecule is Cc1noc([C@]23C[C@H](NC(=O)c4ccoc4)C[C@H]2CN(S(C)(=O)=O)C3)n1. The highest BCUT2D eigenvalue weighted by molar-refractivity contribution is 7.88. The summed E-state index contributed by atoms with van der Waals surface area (Å²) in [6, 6.07) is 1.50. The second-order valence-corrected chi connectivity index (χ2v) is 9.16. The number of aromatic nitrogens is 2. The fourth-order valence-electron chi connectivity index (χ4n) is 4.18. The van der Waals surface area contributed by atoms with Crippen LogP contribution in [0.2, 0.25) is 0 Å². The Hall–Kier alpha value is -2.20. The van der Waals surface area contributed by atoms with E-state index in [1.807, 2.05) is 0 Å². The normalized spacial score (nSPS) is 29.0. The van der Waals surface area contributed by atoms with Crippen molar-refractivity contribution in [1.82, 2.24) is 19.8 Å². The van der Waals surface area contributed by atoms with Gasteiger partial charge in [-0.05, 0) is 31.7 Å². The van der Waals surface area contributed by atoms with E-state index in [1.54, 1.807) is 13.0 Å². The van der Waals surface area contributed by atoms with Gasteiger partial charge in [0.2, 0.25) is 15.9 Å². The van der Waals surface area contributed by atoms with Crippen LogP contribution in [0, 0.1) is 12.8 Å². The van der Waals surface area contributed by atoms with E-state index in [4.69, 9.17) is 8.94 Å². The number of nitrogens with one attached hydrogen (secondary N) is 1. The van der Waals surface area contributed by atoms with Gasteiger partial charge in [0.05, 0.1) is 23.5 Å². The number of hydrogen-bond donors (Lipinski definition) is 1. The summed E-state index contributed by atoms with van der Waals surface area (Å²) in [6.45, 7) is 2.41. The summed E-state index contributed by atoms with van der Waals surface area (Å²) in [4.78, 5) is 16.7. The van der Waals surface area contributed by atoms with E-state index in [2.05, 4.69) is 15.5 Å². The van der Waals surface area contributed by atoms with E-state index in [0.717, 1.165) is 0 Å². The van der Waals surface area contributed by atoms with Crippen LogP contribution in [0.25, 0.3) is 0 Å². The van der Waals surface area contributed by atoms with Crippen molar-refractivity contribution in [1.29, 1.82) is 0 Å². The van der Waals surface area contributed by atoms with Crippen LogP contribution in [-0.4, -0.2) is 54.2 Å². The number of rotatable bonds is 4. The number of fused-ring (bicyclic) bond motifs is 1. The van der Waals surface area contributed by atoms with Gasteiger partial charge >= 0.3 is 0 Å². The van der Waals surface area contributed by atoms with Crippen molar-refractivity contribution < 1.29 is 22.2 Å². The molecule has 4 rings (SSSR count). The van der Waals surface area contributed by atoms with Gasteiger partial charge in [-0.3, -0.25) is 4.79 Å². The van der Waals surface area contributed by atoms with Gasteiger partial charge in [0.25, 0.3) is 5.91 Å². The Bertz CT molecular complexity index is 922. The van der Waals surface area contributed by atoms with E-state index in [-0.39, 0.29) is 24.4 Å². The minimum absolute atomic E-state index is 0.00623. The molecule has 1 saturated carbocycles. The standard InChI is InChI=1S/C16H20N4O5S/c1-10-17-15(25-19-10)16-6-13(18-14(21)11-3-4-24-8-11)5-12(16)7-20(9-16)26(2,22)23/h3-4,8,12-13H,5-7,9H2,1-2H3,(H,18,21)/t12-,13+,16-/m0/s1. The maximum Gasteiger partial charge on any atom is 0.254 e. The Morgan fingerprint density at radius 3 is 2.88 bits per heavy atom. The smallest absolute Gasteiger partial charge is 0.254 e. The van der Waals surface area contributed by atoms with Crippen molar-refractivity contribution >= 4 is 15.9 Å². The number of carbonyl (C=O) groups excluding carboxylic acids is 1. The number of sulfonamides is 1. The van der Waals surface area contributed by atoms with Crippen molar-refractivity contribution in [2.24, 2.45) is 5.92 Å². The third kappa shape index (κ3) is 2.82. The van der Waals surface area contributed by atoms with Crippen molar-refractivity contribution in [2.75, 3.05) is 19.3 Å². The van der Waals surface area contributed by atoms with Gasteiger partial charge in [0, 0.05) is 19.1 Å². The topological polar surface area (TPSA) is 119 Å². The molecule has 1 amide bonds. The third-order valence-corrected chi connectivity index (χ3v) is 6.60. The summed E-state index contributed by atoms with van der Waals surface area (Å²) in [7, 11) is -3.32. The molecule has 2 fully saturated rings. The first-order valence-corrected chi connectivity index (χ1v) is 10.2. The van der Waals surface area contributed by atoms with Crippen molar-refractivity contribution in [2.45, 2.75) is 31.2 Å². The number of furan rings is 1. The Balaban J connectivity index is 1.60. The maximum atomic E-state index is 12.3. The van der Waals surface area contributed by atoms with Crippen LogP contribution >= 0.6 is 0 Å². The van der Waals surface area contributed by atoms with E-state index < -0.39 is 15.4 Å². The van der Waals surface area contributed by atoms with Crippen molar-refractivity contribution in [3.8, 4) is 0 Å². The van der Waals surface area contributed by atoms with Crippen LogP contribution in [0.15, 0.2) is 27.5 Å². The van der Waals surface area contributed by atoms with Crippen LogP contribution in [0.5, 0.6) is 0 Å². The zero-order chi connectivity index (χ0) is 18.5. The molecule has 0 aromatic carbocycles. The van der Waals surface area contributed by atoms with Gasteiger partial charge in [-0.15, -0.1) is 0 Å². The molecule has 3 atom stereocenters. The third-order valence-electron chi connectivity index (χ3n) is 5.38. The largest absolute Gasteiger partial charge is 0.472 e. The molecule has 1 saturated heterocycles. The summed E-state index contributed by atoms with van der Waals surface area (Å²) < 4.78 is 35.9. The molecule has 2 aromatic heterocycles. The Labute approximate surface area is 150 Å². The average Bonchev–Trinajstić information content (AvgIpc) is 3.28. The van der Waals surface area contributed by atoms with Gasteiger partial charge < -0.3 is 14.3 Å². The summed E-state index contributed by atoms with van der Waals surface area (Å²) >= 11 is 0. The molecule has 1 N–H and O–H groups in total. The molecule has 9 nitrogen and oxygen atoms in total. The van der Waals surface area contributed by atoms with E-state index >= 15 is 0 Å². The first kappa shape index (κ1) is 17.2. The van der Waals surface area contributed by atoms with Crippen molar-refractivity contribution in [3.63, 3.8) is 0 Å². The lowest BCUT2D eigenvalue weighted by molar-refractivity contribution is 0.0934. The Morgan fingerprint density at radius 2 is 2.27 bits per heavy atom. The number of amides is 1. The Kier molecular flexibility index (Phi) is 3.92.